The van der Waals surface area contributed by atoms with Crippen LogP contribution < -0.4 is 11.1 Å². The van der Waals surface area contributed by atoms with E-state index in [9.17, 15) is 9.59 Å². The van der Waals surface area contributed by atoms with E-state index < -0.39 is 6.04 Å². The van der Waals surface area contributed by atoms with Crippen LogP contribution in [0.15, 0.2) is 18.2 Å². The molecule has 0 aromatic heterocycles. The largest absolute Gasteiger partial charge is 0.336 e. The summed E-state index contributed by atoms with van der Waals surface area (Å²) in [5, 5.41) is 2.89. The second kappa shape index (κ2) is 8.48. The second-order valence-corrected chi connectivity index (χ2v) is 7.27. The number of nitrogens with two attached hydrogens (primary N) is 1. The SMILES string of the molecule is CCC(C)C(N)C(=O)Nc1ccc(C(=O)N2CCCCC2C)cc1C. The third kappa shape index (κ3) is 4.60. The fourth-order valence-electron chi connectivity index (χ4n) is 3.23. The van der Waals surface area contributed by atoms with Gasteiger partial charge in [-0.25, -0.2) is 0 Å². The summed E-state index contributed by atoms with van der Waals surface area (Å²) in [7, 11) is 0. The summed E-state index contributed by atoms with van der Waals surface area (Å²) in [6.45, 7) is 8.82. The monoisotopic (exact) mass is 345 g/mol. The van der Waals surface area contributed by atoms with Crippen LogP contribution in [0.5, 0.6) is 0 Å². The standard InChI is InChI=1S/C20H31N3O2/c1-5-13(2)18(21)19(24)22-17-10-9-16(12-14(17)3)20(25)23-11-7-6-8-15(23)4/h9-10,12-13,15,18H,5-8,11,21H2,1-4H3,(H,22,24). The zero-order valence-corrected chi connectivity index (χ0v) is 15.8. The van der Waals surface area contributed by atoms with E-state index in [4.69, 9.17) is 5.73 Å². The molecular weight excluding hydrogens is 314 g/mol. The number of likely N-dealkylation sites (tertiary alicyclic amines) is 1. The Labute approximate surface area is 151 Å². The van der Waals surface area contributed by atoms with Gasteiger partial charge in [0.25, 0.3) is 5.91 Å². The van der Waals surface area contributed by atoms with Crippen molar-refractivity contribution in [1.29, 1.82) is 0 Å². The number of nitrogens with one attached hydrogen (secondary N) is 1. The summed E-state index contributed by atoms with van der Waals surface area (Å²) in [6.07, 6.45) is 4.17. The van der Waals surface area contributed by atoms with Gasteiger partial charge < -0.3 is 16.0 Å². The van der Waals surface area contributed by atoms with Gasteiger partial charge in [-0.1, -0.05) is 20.3 Å². The van der Waals surface area contributed by atoms with Crippen LogP contribution in [0.1, 0.15) is 62.4 Å². The maximum absolute atomic E-state index is 12.8. The summed E-state index contributed by atoms with van der Waals surface area (Å²) in [4.78, 5) is 27.0. The van der Waals surface area contributed by atoms with Gasteiger partial charge in [-0.05, 0) is 62.8 Å². The van der Waals surface area contributed by atoms with Crippen molar-refractivity contribution in [1.82, 2.24) is 4.90 Å². The number of piperidine rings is 1. The first-order valence-corrected chi connectivity index (χ1v) is 9.33. The number of anilines is 1. The van der Waals surface area contributed by atoms with Crippen LogP contribution in [0.2, 0.25) is 0 Å². The highest BCUT2D eigenvalue weighted by Crippen LogP contribution is 2.22. The number of carbonyl (C=O) groups is 2. The molecule has 0 spiro atoms. The Morgan fingerprint density at radius 2 is 2.08 bits per heavy atom. The Bertz CT molecular complexity index is 629. The zero-order chi connectivity index (χ0) is 18.6. The van der Waals surface area contributed by atoms with E-state index in [1.165, 1.54) is 6.42 Å². The van der Waals surface area contributed by atoms with E-state index >= 15 is 0 Å². The molecule has 3 atom stereocenters. The fraction of sp³-hybridized carbons (Fsp3) is 0.600. The molecule has 5 heteroatoms. The molecular formula is C20H31N3O2. The lowest BCUT2D eigenvalue weighted by atomic mass is 9.99. The van der Waals surface area contributed by atoms with Crippen molar-refractivity contribution in [2.45, 2.75) is 65.5 Å². The number of nitrogens with zero attached hydrogens (tertiary/aromatic N) is 1. The average Bonchev–Trinajstić information content (AvgIpc) is 2.61. The van der Waals surface area contributed by atoms with Crippen LogP contribution in [-0.2, 0) is 4.79 Å². The molecule has 1 aliphatic rings. The van der Waals surface area contributed by atoms with Gasteiger partial charge in [0.05, 0.1) is 6.04 Å². The molecule has 1 heterocycles. The summed E-state index contributed by atoms with van der Waals surface area (Å²) in [6, 6.07) is 5.21. The lowest BCUT2D eigenvalue weighted by Gasteiger charge is -2.33. The van der Waals surface area contributed by atoms with Crippen LogP contribution in [-0.4, -0.2) is 35.3 Å². The maximum Gasteiger partial charge on any atom is 0.254 e. The topological polar surface area (TPSA) is 75.4 Å². The third-order valence-electron chi connectivity index (χ3n) is 5.35. The Morgan fingerprint density at radius 1 is 1.36 bits per heavy atom. The van der Waals surface area contributed by atoms with Gasteiger partial charge in [-0.2, -0.15) is 0 Å². The predicted molar refractivity (Wildman–Crippen MR) is 102 cm³/mol. The van der Waals surface area contributed by atoms with E-state index in [0.717, 1.165) is 31.4 Å². The molecule has 1 saturated heterocycles. The summed E-state index contributed by atoms with van der Waals surface area (Å²) < 4.78 is 0. The Morgan fingerprint density at radius 3 is 2.68 bits per heavy atom. The van der Waals surface area contributed by atoms with Gasteiger partial charge in [0.2, 0.25) is 5.91 Å². The van der Waals surface area contributed by atoms with Crippen molar-refractivity contribution >= 4 is 17.5 Å². The van der Waals surface area contributed by atoms with Gasteiger partial charge in [-0.15, -0.1) is 0 Å². The smallest absolute Gasteiger partial charge is 0.254 e. The number of benzene rings is 1. The number of aryl methyl sites for hydroxylation is 1. The van der Waals surface area contributed by atoms with Crippen LogP contribution in [0.4, 0.5) is 5.69 Å². The van der Waals surface area contributed by atoms with Crippen molar-refractivity contribution in [2.24, 2.45) is 11.7 Å². The Kier molecular flexibility index (Phi) is 6.59. The van der Waals surface area contributed by atoms with E-state index in [1.54, 1.807) is 12.1 Å². The molecule has 2 rings (SSSR count). The molecule has 1 aliphatic heterocycles. The minimum Gasteiger partial charge on any atom is -0.336 e. The maximum atomic E-state index is 12.8. The average molecular weight is 345 g/mol. The van der Waals surface area contributed by atoms with Crippen molar-refractivity contribution in [3.05, 3.63) is 29.3 Å². The highest BCUT2D eigenvalue weighted by molar-refractivity contribution is 5.98. The third-order valence-corrected chi connectivity index (χ3v) is 5.35. The minimum atomic E-state index is -0.528. The number of hydrogen-bond acceptors (Lipinski definition) is 3. The van der Waals surface area contributed by atoms with Gasteiger partial charge in [0.15, 0.2) is 0 Å². The van der Waals surface area contributed by atoms with E-state index in [1.807, 2.05) is 31.7 Å². The zero-order valence-electron chi connectivity index (χ0n) is 15.8. The predicted octanol–water partition coefficient (Wildman–Crippen LogP) is 3.32. The lowest BCUT2D eigenvalue weighted by Crippen LogP contribution is -2.42. The summed E-state index contributed by atoms with van der Waals surface area (Å²) in [5.74, 6) is 0.0207. The molecule has 1 aromatic rings. The van der Waals surface area contributed by atoms with E-state index in [2.05, 4.69) is 12.2 Å². The van der Waals surface area contributed by atoms with Gasteiger partial charge in [0.1, 0.15) is 0 Å². The fourth-order valence-corrected chi connectivity index (χ4v) is 3.23. The molecule has 0 aliphatic carbocycles. The first-order valence-electron chi connectivity index (χ1n) is 9.33. The highest BCUT2D eigenvalue weighted by atomic mass is 16.2. The lowest BCUT2D eigenvalue weighted by molar-refractivity contribution is -0.118. The number of carbonyl (C=O) groups excluding carboxylic acids is 2. The molecule has 3 N–H and O–H groups in total. The van der Waals surface area contributed by atoms with Crippen LogP contribution in [0.25, 0.3) is 0 Å². The molecule has 5 nitrogen and oxygen atoms in total. The van der Waals surface area contributed by atoms with Crippen LogP contribution >= 0.6 is 0 Å². The van der Waals surface area contributed by atoms with E-state index in [-0.39, 0.29) is 23.8 Å². The molecule has 25 heavy (non-hydrogen) atoms. The number of amides is 2. The minimum absolute atomic E-state index is 0.0736. The molecule has 138 valence electrons. The second-order valence-electron chi connectivity index (χ2n) is 7.27. The molecule has 0 bridgehead atoms. The normalized spacial score (nSPS) is 20.0. The molecule has 0 saturated carbocycles. The van der Waals surface area contributed by atoms with Crippen LogP contribution in [0.3, 0.4) is 0 Å². The number of rotatable bonds is 5. The first-order chi connectivity index (χ1) is 11.8. The highest BCUT2D eigenvalue weighted by Gasteiger charge is 2.25. The van der Waals surface area contributed by atoms with Crippen molar-refractivity contribution in [3.8, 4) is 0 Å². The van der Waals surface area contributed by atoms with Gasteiger partial charge in [0, 0.05) is 23.8 Å². The van der Waals surface area contributed by atoms with E-state index in [0.29, 0.717) is 11.3 Å². The molecule has 0 radical (unpaired) electrons. The van der Waals surface area contributed by atoms with Gasteiger partial charge >= 0.3 is 0 Å². The summed E-state index contributed by atoms with van der Waals surface area (Å²) >= 11 is 0. The molecule has 2 amide bonds. The Balaban J connectivity index is 2.10. The molecule has 1 aromatic carbocycles. The van der Waals surface area contributed by atoms with Crippen molar-refractivity contribution in [2.75, 3.05) is 11.9 Å². The van der Waals surface area contributed by atoms with Crippen molar-refractivity contribution < 1.29 is 9.59 Å². The summed E-state index contributed by atoms with van der Waals surface area (Å²) in [5.41, 5.74) is 8.25. The number of hydrogen-bond donors (Lipinski definition) is 2. The van der Waals surface area contributed by atoms with Gasteiger partial charge in [-0.3, -0.25) is 9.59 Å². The van der Waals surface area contributed by atoms with Crippen molar-refractivity contribution in [3.63, 3.8) is 0 Å². The molecule has 3 unspecified atom stereocenters. The Hall–Kier alpha value is -1.88. The van der Waals surface area contributed by atoms with Crippen LogP contribution in [0, 0.1) is 12.8 Å². The quantitative estimate of drug-likeness (QED) is 0.859. The first kappa shape index (κ1) is 19.4. The molecule has 1 fully saturated rings.